The van der Waals surface area contributed by atoms with E-state index in [-0.39, 0.29) is 5.57 Å². The van der Waals surface area contributed by atoms with E-state index in [0.717, 1.165) is 0 Å². The lowest BCUT2D eigenvalue weighted by molar-refractivity contribution is -0.133. The Hall–Kier alpha value is -1.13. The normalized spacial score (nSPS) is 29.8. The number of carboxylic acid groups (broad SMARTS) is 1. The quantitative estimate of drug-likeness (QED) is 0.465. The SMILES string of the molecule is N[C@H]1C(C(=O)O)=CC=C[C@@H]1O. The Bertz CT molecular complexity index is 232. The highest BCUT2D eigenvalue weighted by Gasteiger charge is 2.23. The lowest BCUT2D eigenvalue weighted by Gasteiger charge is -2.18. The third-order valence-corrected chi connectivity index (χ3v) is 1.56. The van der Waals surface area contributed by atoms with Crippen molar-refractivity contribution in [3.63, 3.8) is 0 Å². The average molecular weight is 155 g/mol. The van der Waals surface area contributed by atoms with Crippen LogP contribution in [0.2, 0.25) is 0 Å². The molecule has 0 heterocycles. The van der Waals surface area contributed by atoms with Crippen LogP contribution >= 0.6 is 0 Å². The van der Waals surface area contributed by atoms with Crippen LogP contribution in [0.5, 0.6) is 0 Å². The summed E-state index contributed by atoms with van der Waals surface area (Å²) < 4.78 is 0. The van der Waals surface area contributed by atoms with Crippen LogP contribution in [0.3, 0.4) is 0 Å². The van der Waals surface area contributed by atoms with Gasteiger partial charge in [-0.3, -0.25) is 0 Å². The molecule has 0 saturated heterocycles. The summed E-state index contributed by atoms with van der Waals surface area (Å²) in [5.74, 6) is -1.08. The van der Waals surface area contributed by atoms with E-state index in [1.165, 1.54) is 18.2 Å². The van der Waals surface area contributed by atoms with Gasteiger partial charge in [0, 0.05) is 0 Å². The van der Waals surface area contributed by atoms with Crippen LogP contribution in [0.25, 0.3) is 0 Å². The van der Waals surface area contributed by atoms with Gasteiger partial charge < -0.3 is 15.9 Å². The molecule has 11 heavy (non-hydrogen) atoms. The lowest BCUT2D eigenvalue weighted by atomic mass is 9.97. The molecule has 1 rings (SSSR count). The summed E-state index contributed by atoms with van der Waals surface area (Å²) in [6, 6.07) is -0.808. The zero-order valence-corrected chi connectivity index (χ0v) is 5.77. The van der Waals surface area contributed by atoms with Gasteiger partial charge in [-0.05, 0) is 0 Å². The molecule has 0 spiro atoms. The van der Waals surface area contributed by atoms with Gasteiger partial charge in [-0.25, -0.2) is 4.79 Å². The molecule has 1 aliphatic rings. The van der Waals surface area contributed by atoms with Crippen LogP contribution in [0.1, 0.15) is 0 Å². The second-order valence-corrected chi connectivity index (χ2v) is 2.33. The molecule has 0 aromatic heterocycles. The summed E-state index contributed by atoms with van der Waals surface area (Å²) in [7, 11) is 0. The Balaban J connectivity index is 2.87. The molecule has 2 atom stereocenters. The molecular formula is C7H9NO3. The predicted molar refractivity (Wildman–Crippen MR) is 38.8 cm³/mol. The number of carboxylic acids is 1. The third kappa shape index (κ3) is 1.47. The molecule has 0 bridgehead atoms. The van der Waals surface area contributed by atoms with E-state index in [1.807, 2.05) is 0 Å². The number of aliphatic hydroxyl groups excluding tert-OH is 1. The maximum absolute atomic E-state index is 10.4. The fourth-order valence-electron chi connectivity index (χ4n) is 0.902. The highest BCUT2D eigenvalue weighted by Crippen LogP contribution is 2.11. The van der Waals surface area contributed by atoms with Crippen molar-refractivity contribution in [1.29, 1.82) is 0 Å². The molecule has 0 aliphatic heterocycles. The Morgan fingerprint density at radius 3 is 2.73 bits per heavy atom. The molecule has 0 saturated carbocycles. The summed E-state index contributed by atoms with van der Waals surface area (Å²) in [5, 5.41) is 17.6. The highest BCUT2D eigenvalue weighted by atomic mass is 16.4. The first-order chi connectivity index (χ1) is 5.13. The molecule has 1 aliphatic carbocycles. The number of hydrogen-bond donors (Lipinski definition) is 3. The second-order valence-electron chi connectivity index (χ2n) is 2.33. The summed E-state index contributed by atoms with van der Waals surface area (Å²) in [6.45, 7) is 0. The van der Waals surface area contributed by atoms with Gasteiger partial charge in [0.1, 0.15) is 0 Å². The van der Waals surface area contributed by atoms with Crippen LogP contribution in [-0.2, 0) is 4.79 Å². The molecule has 4 N–H and O–H groups in total. The van der Waals surface area contributed by atoms with Crippen LogP contribution in [0, 0.1) is 0 Å². The third-order valence-electron chi connectivity index (χ3n) is 1.56. The summed E-state index contributed by atoms with van der Waals surface area (Å²) in [6.07, 6.45) is 3.44. The van der Waals surface area contributed by atoms with E-state index in [0.29, 0.717) is 0 Å². The van der Waals surface area contributed by atoms with Crippen molar-refractivity contribution in [3.05, 3.63) is 23.8 Å². The second kappa shape index (κ2) is 2.86. The van der Waals surface area contributed by atoms with Crippen molar-refractivity contribution >= 4 is 5.97 Å². The van der Waals surface area contributed by atoms with E-state index in [4.69, 9.17) is 15.9 Å². The molecule has 0 radical (unpaired) electrons. The van der Waals surface area contributed by atoms with Gasteiger partial charge >= 0.3 is 5.97 Å². The van der Waals surface area contributed by atoms with Crippen molar-refractivity contribution in [2.45, 2.75) is 12.1 Å². The van der Waals surface area contributed by atoms with Crippen LogP contribution in [0.4, 0.5) is 0 Å². The molecule has 0 fully saturated rings. The van der Waals surface area contributed by atoms with Crippen molar-refractivity contribution in [2.75, 3.05) is 0 Å². The monoisotopic (exact) mass is 155 g/mol. The van der Waals surface area contributed by atoms with E-state index >= 15 is 0 Å². The zero-order chi connectivity index (χ0) is 8.43. The molecule has 0 aromatic rings. The number of aliphatic carboxylic acids is 1. The smallest absolute Gasteiger partial charge is 0.333 e. The Kier molecular flexibility index (Phi) is 2.07. The maximum atomic E-state index is 10.4. The topological polar surface area (TPSA) is 83.6 Å². The number of aliphatic hydroxyl groups is 1. The minimum Gasteiger partial charge on any atom is -0.478 e. The zero-order valence-electron chi connectivity index (χ0n) is 5.77. The van der Waals surface area contributed by atoms with Crippen molar-refractivity contribution < 1.29 is 15.0 Å². The van der Waals surface area contributed by atoms with Crippen LogP contribution in [0.15, 0.2) is 23.8 Å². The molecular weight excluding hydrogens is 146 g/mol. The van der Waals surface area contributed by atoms with Gasteiger partial charge in [0.25, 0.3) is 0 Å². The first-order valence-corrected chi connectivity index (χ1v) is 3.18. The highest BCUT2D eigenvalue weighted by molar-refractivity contribution is 5.89. The number of rotatable bonds is 1. The minimum absolute atomic E-state index is 0.0417. The van der Waals surface area contributed by atoms with Gasteiger partial charge in [-0.15, -0.1) is 0 Å². The molecule has 4 heteroatoms. The Labute approximate surface area is 63.6 Å². The van der Waals surface area contributed by atoms with Crippen molar-refractivity contribution in [1.82, 2.24) is 0 Å². The first-order valence-electron chi connectivity index (χ1n) is 3.18. The number of allylic oxidation sites excluding steroid dienone is 2. The number of hydrogen-bond acceptors (Lipinski definition) is 3. The fourth-order valence-corrected chi connectivity index (χ4v) is 0.902. The molecule has 0 unspecified atom stereocenters. The summed E-state index contributed by atoms with van der Waals surface area (Å²) >= 11 is 0. The average Bonchev–Trinajstić information content (AvgIpc) is 1.94. The van der Waals surface area contributed by atoms with Gasteiger partial charge in [0.05, 0.1) is 17.7 Å². The first kappa shape index (κ1) is 7.97. The van der Waals surface area contributed by atoms with Crippen LogP contribution in [-0.4, -0.2) is 28.3 Å². The maximum Gasteiger partial charge on any atom is 0.333 e. The summed E-state index contributed by atoms with van der Waals surface area (Å²) in [4.78, 5) is 10.4. The van der Waals surface area contributed by atoms with E-state index < -0.39 is 18.1 Å². The van der Waals surface area contributed by atoms with Crippen molar-refractivity contribution in [3.8, 4) is 0 Å². The predicted octanol–water partition coefficient (Wildman–Crippen LogP) is -0.745. The van der Waals surface area contributed by atoms with Crippen molar-refractivity contribution in [2.24, 2.45) is 5.73 Å². The Morgan fingerprint density at radius 2 is 2.27 bits per heavy atom. The molecule has 0 aromatic carbocycles. The Morgan fingerprint density at radius 1 is 1.64 bits per heavy atom. The standard InChI is InChI=1S/C7H9NO3/c8-6-4(7(10)11)2-1-3-5(6)9/h1-3,5-6,9H,8H2,(H,10,11)/t5-,6-/m0/s1. The number of carbonyl (C=O) groups is 1. The number of nitrogens with two attached hydrogens (primary N) is 1. The van der Waals surface area contributed by atoms with Crippen LogP contribution < -0.4 is 5.73 Å². The summed E-state index contributed by atoms with van der Waals surface area (Å²) in [5.41, 5.74) is 5.41. The van der Waals surface area contributed by atoms with E-state index in [1.54, 1.807) is 0 Å². The van der Waals surface area contributed by atoms with Gasteiger partial charge in [0.2, 0.25) is 0 Å². The van der Waals surface area contributed by atoms with Gasteiger partial charge in [0.15, 0.2) is 0 Å². The van der Waals surface area contributed by atoms with E-state index in [9.17, 15) is 4.79 Å². The van der Waals surface area contributed by atoms with Gasteiger partial charge in [-0.1, -0.05) is 18.2 Å². The van der Waals surface area contributed by atoms with E-state index in [2.05, 4.69) is 0 Å². The molecule has 0 amide bonds. The molecule has 4 nitrogen and oxygen atoms in total. The van der Waals surface area contributed by atoms with Gasteiger partial charge in [-0.2, -0.15) is 0 Å². The molecule has 60 valence electrons. The largest absolute Gasteiger partial charge is 0.478 e. The minimum atomic E-state index is -1.08. The lowest BCUT2D eigenvalue weighted by Crippen LogP contribution is -2.39. The fraction of sp³-hybridized carbons (Fsp3) is 0.286.